The van der Waals surface area contributed by atoms with E-state index in [9.17, 15) is 4.79 Å². The summed E-state index contributed by atoms with van der Waals surface area (Å²) in [5, 5.41) is 6.71. The predicted octanol–water partition coefficient (Wildman–Crippen LogP) is 3.92. The fraction of sp³-hybridized carbons (Fsp3) is 0.125. The standard InChI is InChI=1S/C16H14N4O2S2/c1-10-3-4-13(18-8-10)19-16-20-14(9-23-16)24-11-5-6-17-12(7-11)15(21)22-2/h3-9H,1-2H3,(H,18,19,20). The molecule has 0 fully saturated rings. The molecule has 0 bridgehead atoms. The van der Waals surface area contributed by atoms with Gasteiger partial charge in [0.2, 0.25) is 0 Å². The van der Waals surface area contributed by atoms with E-state index in [2.05, 4.69) is 25.0 Å². The average Bonchev–Trinajstić information content (AvgIpc) is 3.03. The molecule has 3 aromatic rings. The van der Waals surface area contributed by atoms with Crippen LogP contribution in [0.3, 0.4) is 0 Å². The van der Waals surface area contributed by atoms with Gasteiger partial charge in [0.05, 0.1) is 7.11 Å². The van der Waals surface area contributed by atoms with Crippen molar-refractivity contribution in [3.05, 3.63) is 53.3 Å². The number of aromatic nitrogens is 3. The van der Waals surface area contributed by atoms with Gasteiger partial charge in [-0.15, -0.1) is 11.3 Å². The van der Waals surface area contributed by atoms with Gasteiger partial charge >= 0.3 is 5.97 Å². The quantitative estimate of drug-likeness (QED) is 0.693. The zero-order valence-corrected chi connectivity index (χ0v) is 14.6. The fourth-order valence-electron chi connectivity index (χ4n) is 1.83. The largest absolute Gasteiger partial charge is 0.464 e. The van der Waals surface area contributed by atoms with Crippen molar-refractivity contribution in [1.29, 1.82) is 0 Å². The zero-order valence-electron chi connectivity index (χ0n) is 13.0. The van der Waals surface area contributed by atoms with Crippen LogP contribution in [0.1, 0.15) is 16.1 Å². The molecule has 3 aromatic heterocycles. The Morgan fingerprint density at radius 3 is 2.92 bits per heavy atom. The minimum Gasteiger partial charge on any atom is -0.464 e. The third-order valence-electron chi connectivity index (χ3n) is 2.98. The minimum atomic E-state index is -0.455. The number of anilines is 2. The number of methoxy groups -OCH3 is 1. The van der Waals surface area contributed by atoms with Crippen LogP contribution in [0.15, 0.2) is 52.0 Å². The van der Waals surface area contributed by atoms with Crippen molar-refractivity contribution in [1.82, 2.24) is 15.0 Å². The third kappa shape index (κ3) is 4.09. The minimum absolute atomic E-state index is 0.278. The van der Waals surface area contributed by atoms with E-state index in [4.69, 9.17) is 0 Å². The van der Waals surface area contributed by atoms with E-state index in [1.165, 1.54) is 30.2 Å². The number of hydrogen-bond donors (Lipinski definition) is 1. The molecule has 6 nitrogen and oxygen atoms in total. The molecule has 0 saturated heterocycles. The lowest BCUT2D eigenvalue weighted by molar-refractivity contribution is 0.0593. The molecule has 3 rings (SSSR count). The summed E-state index contributed by atoms with van der Waals surface area (Å²) in [6.07, 6.45) is 3.38. The van der Waals surface area contributed by atoms with Crippen LogP contribution < -0.4 is 5.32 Å². The van der Waals surface area contributed by atoms with E-state index in [1.807, 2.05) is 30.5 Å². The summed E-state index contributed by atoms with van der Waals surface area (Å²) < 4.78 is 4.68. The molecule has 8 heteroatoms. The van der Waals surface area contributed by atoms with E-state index < -0.39 is 5.97 Å². The molecular weight excluding hydrogens is 344 g/mol. The molecule has 0 aliphatic carbocycles. The van der Waals surface area contributed by atoms with Gasteiger partial charge in [-0.05, 0) is 30.7 Å². The van der Waals surface area contributed by atoms with E-state index in [0.29, 0.717) is 0 Å². The van der Waals surface area contributed by atoms with Crippen molar-refractivity contribution in [3.63, 3.8) is 0 Å². The van der Waals surface area contributed by atoms with E-state index >= 15 is 0 Å². The highest BCUT2D eigenvalue weighted by molar-refractivity contribution is 7.99. The Bertz CT molecular complexity index is 849. The molecule has 0 aliphatic rings. The van der Waals surface area contributed by atoms with Crippen LogP contribution in [-0.2, 0) is 4.74 Å². The van der Waals surface area contributed by atoms with Crippen LogP contribution in [0.5, 0.6) is 0 Å². The number of hydrogen-bond acceptors (Lipinski definition) is 8. The van der Waals surface area contributed by atoms with Crippen LogP contribution in [0.4, 0.5) is 10.9 Å². The van der Waals surface area contributed by atoms with Gasteiger partial charge in [0.1, 0.15) is 16.5 Å². The van der Waals surface area contributed by atoms with Gasteiger partial charge < -0.3 is 10.1 Å². The molecule has 0 radical (unpaired) electrons. The number of rotatable bonds is 5. The number of carbonyl (C=O) groups is 1. The number of thiazole rings is 1. The Labute approximate surface area is 147 Å². The number of esters is 1. The maximum Gasteiger partial charge on any atom is 0.356 e. The van der Waals surface area contributed by atoms with Gasteiger partial charge in [0.25, 0.3) is 0 Å². The summed E-state index contributed by atoms with van der Waals surface area (Å²) in [7, 11) is 1.33. The van der Waals surface area contributed by atoms with Gasteiger partial charge in [0, 0.05) is 22.7 Å². The first-order valence-electron chi connectivity index (χ1n) is 7.01. The summed E-state index contributed by atoms with van der Waals surface area (Å²) in [5.41, 5.74) is 1.38. The Kier molecular flexibility index (Phi) is 5.07. The number of carbonyl (C=O) groups excluding carboxylic acids is 1. The van der Waals surface area contributed by atoms with E-state index in [1.54, 1.807) is 18.5 Å². The van der Waals surface area contributed by atoms with Crippen molar-refractivity contribution in [2.24, 2.45) is 0 Å². The van der Waals surface area contributed by atoms with Gasteiger partial charge in [0.15, 0.2) is 5.13 Å². The van der Waals surface area contributed by atoms with Crippen LogP contribution in [-0.4, -0.2) is 28.0 Å². The SMILES string of the molecule is COC(=O)c1cc(Sc2csc(Nc3ccc(C)cn3)n2)ccn1. The summed E-state index contributed by atoms with van der Waals surface area (Å²) in [4.78, 5) is 25.2. The van der Waals surface area contributed by atoms with Crippen molar-refractivity contribution in [3.8, 4) is 0 Å². The van der Waals surface area contributed by atoms with Crippen molar-refractivity contribution >= 4 is 40.0 Å². The maximum absolute atomic E-state index is 11.5. The maximum atomic E-state index is 11.5. The first-order valence-corrected chi connectivity index (χ1v) is 8.71. The lowest BCUT2D eigenvalue weighted by Gasteiger charge is -2.02. The number of pyridine rings is 2. The molecule has 0 aliphatic heterocycles. The smallest absolute Gasteiger partial charge is 0.356 e. The van der Waals surface area contributed by atoms with Crippen molar-refractivity contribution in [2.75, 3.05) is 12.4 Å². The average molecular weight is 358 g/mol. The zero-order chi connectivity index (χ0) is 16.9. The molecule has 122 valence electrons. The Morgan fingerprint density at radius 1 is 1.29 bits per heavy atom. The molecule has 24 heavy (non-hydrogen) atoms. The van der Waals surface area contributed by atoms with Crippen LogP contribution in [0.25, 0.3) is 0 Å². The lowest BCUT2D eigenvalue weighted by Crippen LogP contribution is -2.03. The monoisotopic (exact) mass is 358 g/mol. The second-order valence-corrected chi connectivity index (χ2v) is 6.76. The Balaban J connectivity index is 1.70. The van der Waals surface area contributed by atoms with Gasteiger partial charge in [-0.1, -0.05) is 17.8 Å². The normalized spacial score (nSPS) is 10.4. The van der Waals surface area contributed by atoms with Gasteiger partial charge in [-0.25, -0.2) is 19.7 Å². The lowest BCUT2D eigenvalue weighted by atomic mass is 10.3. The molecule has 0 amide bonds. The molecule has 0 atom stereocenters. The number of aryl methyl sites for hydroxylation is 1. The highest BCUT2D eigenvalue weighted by Gasteiger charge is 2.10. The molecule has 3 heterocycles. The topological polar surface area (TPSA) is 77.0 Å². The molecule has 0 spiro atoms. The molecular formula is C16H14N4O2S2. The Hall–Kier alpha value is -2.45. The fourth-order valence-corrected chi connectivity index (χ4v) is 3.48. The van der Waals surface area contributed by atoms with E-state index in [-0.39, 0.29) is 5.69 Å². The van der Waals surface area contributed by atoms with Crippen LogP contribution >= 0.6 is 23.1 Å². The summed E-state index contributed by atoms with van der Waals surface area (Å²) in [5.74, 6) is 0.298. The first kappa shape index (κ1) is 16.4. The second kappa shape index (κ2) is 7.41. The van der Waals surface area contributed by atoms with Gasteiger partial charge in [-0.2, -0.15) is 0 Å². The Morgan fingerprint density at radius 2 is 2.17 bits per heavy atom. The van der Waals surface area contributed by atoms with Crippen molar-refractivity contribution in [2.45, 2.75) is 16.8 Å². The number of ether oxygens (including phenoxy) is 1. The van der Waals surface area contributed by atoms with Crippen molar-refractivity contribution < 1.29 is 9.53 Å². The van der Waals surface area contributed by atoms with Crippen LogP contribution in [0.2, 0.25) is 0 Å². The van der Waals surface area contributed by atoms with E-state index in [0.717, 1.165) is 26.4 Å². The summed E-state index contributed by atoms with van der Waals surface area (Å²) in [6, 6.07) is 7.41. The summed E-state index contributed by atoms with van der Waals surface area (Å²) >= 11 is 2.95. The number of nitrogens with zero attached hydrogens (tertiary/aromatic N) is 3. The number of nitrogens with one attached hydrogen (secondary N) is 1. The highest BCUT2D eigenvalue weighted by atomic mass is 32.2. The third-order valence-corrected chi connectivity index (χ3v) is 4.79. The predicted molar refractivity (Wildman–Crippen MR) is 94.1 cm³/mol. The molecule has 0 saturated carbocycles. The first-order chi connectivity index (χ1) is 11.6. The molecule has 1 N–H and O–H groups in total. The van der Waals surface area contributed by atoms with Gasteiger partial charge in [-0.3, -0.25) is 0 Å². The molecule has 0 aromatic carbocycles. The van der Waals surface area contributed by atoms with Crippen LogP contribution in [0, 0.1) is 6.92 Å². The summed E-state index contributed by atoms with van der Waals surface area (Å²) in [6.45, 7) is 1.99. The highest BCUT2D eigenvalue weighted by Crippen LogP contribution is 2.31. The molecule has 0 unspecified atom stereocenters. The second-order valence-electron chi connectivity index (χ2n) is 4.81.